The second-order valence-corrected chi connectivity index (χ2v) is 7.19. The van der Waals surface area contributed by atoms with Crippen LogP contribution in [0.4, 0.5) is 5.13 Å². The zero-order valence-corrected chi connectivity index (χ0v) is 15.4. The fraction of sp³-hybridized carbons (Fsp3) is 0.333. The fourth-order valence-corrected chi connectivity index (χ4v) is 2.97. The minimum absolute atomic E-state index is 0.205. The molecule has 6 nitrogen and oxygen atoms in total. The fourth-order valence-electron chi connectivity index (χ4n) is 2.03. The number of anilines is 1. The summed E-state index contributed by atoms with van der Waals surface area (Å²) in [7, 11) is 0. The van der Waals surface area contributed by atoms with Gasteiger partial charge in [0.15, 0.2) is 0 Å². The summed E-state index contributed by atoms with van der Waals surface area (Å²) in [6.07, 6.45) is 0.474. The Labute approximate surface area is 153 Å². The molecule has 0 aliphatic heterocycles. The van der Waals surface area contributed by atoms with Gasteiger partial charge in [-0.2, -0.15) is 0 Å². The van der Waals surface area contributed by atoms with E-state index in [1.807, 2.05) is 13.8 Å². The molecule has 0 aliphatic carbocycles. The van der Waals surface area contributed by atoms with E-state index < -0.39 is 11.9 Å². The first-order chi connectivity index (χ1) is 11.4. The zero-order chi connectivity index (χ0) is 17.7. The van der Waals surface area contributed by atoms with Crippen LogP contribution in [-0.2, 0) is 4.79 Å². The van der Waals surface area contributed by atoms with Crippen LogP contribution in [-0.4, -0.2) is 28.1 Å². The zero-order valence-electron chi connectivity index (χ0n) is 13.0. The van der Waals surface area contributed by atoms with E-state index in [4.69, 9.17) is 23.2 Å². The summed E-state index contributed by atoms with van der Waals surface area (Å²) in [4.78, 5) is 24.8. The number of hydrogen-bond acceptors (Lipinski definition) is 5. The molecule has 0 saturated heterocycles. The molecule has 0 spiro atoms. The van der Waals surface area contributed by atoms with Gasteiger partial charge in [0.2, 0.25) is 11.0 Å². The van der Waals surface area contributed by atoms with Crippen molar-refractivity contribution >= 4 is 51.5 Å². The molecule has 1 atom stereocenters. The van der Waals surface area contributed by atoms with Gasteiger partial charge >= 0.3 is 0 Å². The molecule has 0 bridgehead atoms. The topological polar surface area (TPSA) is 84.0 Å². The Bertz CT molecular complexity index is 722. The molecule has 128 valence electrons. The number of carbonyl (C=O) groups is 2. The molecule has 9 heteroatoms. The lowest BCUT2D eigenvalue weighted by Crippen LogP contribution is -2.44. The maximum atomic E-state index is 12.4. The predicted octanol–water partition coefficient (Wildman–Crippen LogP) is 3.63. The summed E-state index contributed by atoms with van der Waals surface area (Å²) in [6.45, 7) is 3.93. The van der Waals surface area contributed by atoms with Crippen LogP contribution >= 0.6 is 34.5 Å². The number of carbonyl (C=O) groups excluding carboxylic acids is 2. The van der Waals surface area contributed by atoms with Gasteiger partial charge in [-0.05, 0) is 30.5 Å². The van der Waals surface area contributed by atoms with E-state index in [-0.39, 0.29) is 22.4 Å². The van der Waals surface area contributed by atoms with Gasteiger partial charge in [-0.15, -0.1) is 10.2 Å². The Balaban J connectivity index is 2.12. The first-order valence-corrected chi connectivity index (χ1v) is 8.83. The summed E-state index contributed by atoms with van der Waals surface area (Å²) in [5.41, 5.74) is 1.78. The van der Waals surface area contributed by atoms with Crippen LogP contribution < -0.4 is 10.6 Å². The number of halogens is 2. The SMILES string of the molecule is CC(C)CC(NC(=O)c1ccc(Cl)cc1Cl)C(=O)Nc1nncs1. The van der Waals surface area contributed by atoms with E-state index in [1.54, 1.807) is 6.07 Å². The van der Waals surface area contributed by atoms with Crippen molar-refractivity contribution in [1.82, 2.24) is 15.5 Å². The summed E-state index contributed by atoms with van der Waals surface area (Å²) in [6, 6.07) is 3.86. The van der Waals surface area contributed by atoms with E-state index in [0.717, 1.165) is 0 Å². The van der Waals surface area contributed by atoms with Crippen molar-refractivity contribution in [3.63, 3.8) is 0 Å². The van der Waals surface area contributed by atoms with Gasteiger partial charge in [0.25, 0.3) is 5.91 Å². The van der Waals surface area contributed by atoms with Gasteiger partial charge in [-0.25, -0.2) is 0 Å². The number of hydrogen-bond donors (Lipinski definition) is 2. The average Bonchev–Trinajstić information content (AvgIpc) is 2.98. The number of nitrogens with one attached hydrogen (secondary N) is 2. The number of amides is 2. The summed E-state index contributed by atoms with van der Waals surface area (Å²) in [5, 5.41) is 13.8. The van der Waals surface area contributed by atoms with Crippen molar-refractivity contribution in [3.05, 3.63) is 39.3 Å². The second-order valence-electron chi connectivity index (χ2n) is 5.51. The third-order valence-corrected chi connectivity index (χ3v) is 4.25. The van der Waals surface area contributed by atoms with Crippen LogP contribution in [0, 0.1) is 5.92 Å². The van der Waals surface area contributed by atoms with E-state index in [2.05, 4.69) is 20.8 Å². The Morgan fingerprint density at radius 2 is 2.04 bits per heavy atom. The normalized spacial score (nSPS) is 12.0. The van der Waals surface area contributed by atoms with Gasteiger partial charge in [-0.3, -0.25) is 14.9 Å². The Morgan fingerprint density at radius 1 is 1.29 bits per heavy atom. The lowest BCUT2D eigenvalue weighted by molar-refractivity contribution is -0.118. The minimum Gasteiger partial charge on any atom is -0.340 e. The maximum absolute atomic E-state index is 12.4. The van der Waals surface area contributed by atoms with Crippen molar-refractivity contribution in [3.8, 4) is 0 Å². The lowest BCUT2D eigenvalue weighted by Gasteiger charge is -2.19. The van der Waals surface area contributed by atoms with Crippen LogP contribution in [0.25, 0.3) is 0 Å². The van der Waals surface area contributed by atoms with Crippen LogP contribution in [0.3, 0.4) is 0 Å². The highest BCUT2D eigenvalue weighted by molar-refractivity contribution is 7.13. The average molecular weight is 387 g/mol. The quantitative estimate of drug-likeness (QED) is 0.793. The monoisotopic (exact) mass is 386 g/mol. The van der Waals surface area contributed by atoms with Gasteiger partial charge in [0.1, 0.15) is 11.6 Å². The number of aromatic nitrogens is 2. The lowest BCUT2D eigenvalue weighted by atomic mass is 10.0. The Morgan fingerprint density at radius 3 is 2.62 bits per heavy atom. The molecule has 0 fully saturated rings. The molecule has 1 aromatic carbocycles. The first-order valence-electron chi connectivity index (χ1n) is 7.19. The Hall–Kier alpha value is -1.70. The minimum atomic E-state index is -0.715. The molecule has 2 aromatic rings. The van der Waals surface area contributed by atoms with Crippen LogP contribution in [0.5, 0.6) is 0 Å². The van der Waals surface area contributed by atoms with Crippen molar-refractivity contribution in [2.24, 2.45) is 5.92 Å². The second kappa shape index (κ2) is 8.41. The third-order valence-electron chi connectivity index (χ3n) is 3.09. The highest BCUT2D eigenvalue weighted by Gasteiger charge is 2.24. The maximum Gasteiger partial charge on any atom is 0.253 e. The van der Waals surface area contributed by atoms with Crippen LogP contribution in [0.2, 0.25) is 10.0 Å². The van der Waals surface area contributed by atoms with Crippen molar-refractivity contribution in [2.75, 3.05) is 5.32 Å². The molecule has 1 heterocycles. The highest BCUT2D eigenvalue weighted by Crippen LogP contribution is 2.21. The molecule has 0 saturated carbocycles. The van der Waals surface area contributed by atoms with Crippen molar-refractivity contribution < 1.29 is 9.59 Å². The van der Waals surface area contributed by atoms with E-state index in [1.165, 1.54) is 29.0 Å². The molecule has 2 N–H and O–H groups in total. The molecule has 0 aliphatic rings. The highest BCUT2D eigenvalue weighted by atomic mass is 35.5. The molecule has 0 radical (unpaired) electrons. The van der Waals surface area contributed by atoms with Crippen molar-refractivity contribution in [2.45, 2.75) is 26.3 Å². The molecule has 2 rings (SSSR count). The van der Waals surface area contributed by atoms with Crippen LogP contribution in [0.15, 0.2) is 23.7 Å². The number of nitrogens with zero attached hydrogens (tertiary/aromatic N) is 2. The largest absolute Gasteiger partial charge is 0.340 e. The van der Waals surface area contributed by atoms with E-state index in [9.17, 15) is 9.59 Å². The van der Waals surface area contributed by atoms with E-state index in [0.29, 0.717) is 16.6 Å². The Kier molecular flexibility index (Phi) is 6.53. The van der Waals surface area contributed by atoms with Gasteiger partial charge in [-0.1, -0.05) is 48.4 Å². The standard InChI is InChI=1S/C15H16Cl2N4O2S/c1-8(2)5-12(14(23)20-15-21-18-7-24-15)19-13(22)10-4-3-9(16)6-11(10)17/h3-4,6-8,12H,5H2,1-2H3,(H,19,22)(H,20,21,23). The number of rotatable bonds is 6. The van der Waals surface area contributed by atoms with Crippen molar-refractivity contribution in [1.29, 1.82) is 0 Å². The van der Waals surface area contributed by atoms with Crippen LogP contribution in [0.1, 0.15) is 30.6 Å². The summed E-state index contributed by atoms with van der Waals surface area (Å²) < 4.78 is 0. The van der Waals surface area contributed by atoms with Gasteiger partial charge in [0.05, 0.1) is 10.6 Å². The molecule has 1 unspecified atom stereocenters. The first kappa shape index (κ1) is 18.6. The smallest absolute Gasteiger partial charge is 0.253 e. The predicted molar refractivity (Wildman–Crippen MR) is 95.7 cm³/mol. The number of benzene rings is 1. The van der Waals surface area contributed by atoms with Gasteiger partial charge in [0, 0.05) is 5.02 Å². The van der Waals surface area contributed by atoms with E-state index >= 15 is 0 Å². The van der Waals surface area contributed by atoms with Gasteiger partial charge < -0.3 is 5.32 Å². The summed E-state index contributed by atoms with van der Waals surface area (Å²) >= 11 is 13.1. The summed E-state index contributed by atoms with van der Waals surface area (Å²) in [5.74, 6) is -0.579. The molecular formula is C15H16Cl2N4O2S. The molecule has 2 amide bonds. The third kappa shape index (κ3) is 5.15. The molecular weight excluding hydrogens is 371 g/mol. The molecule has 1 aromatic heterocycles. The molecule has 24 heavy (non-hydrogen) atoms.